The molecular formula is C17H23F3N4O3. The second-order valence-electron chi connectivity index (χ2n) is 6.04. The zero-order valence-corrected chi connectivity index (χ0v) is 15.4. The third-order valence-corrected chi connectivity index (χ3v) is 3.51. The van der Waals surface area contributed by atoms with Crippen molar-refractivity contribution in [1.82, 2.24) is 15.1 Å². The third kappa shape index (κ3) is 7.26. The lowest BCUT2D eigenvalue weighted by atomic mass is 10.2. The molecule has 0 saturated heterocycles. The molecule has 0 aliphatic heterocycles. The average Bonchev–Trinajstić information content (AvgIpc) is 2.60. The minimum Gasteiger partial charge on any atom is -0.355 e. The average molecular weight is 388 g/mol. The SMILES string of the molecule is CCCNC(=O)CN(C)C(=O)CN(C)CC(=O)Nc1ccc(F)c(F)c1F. The van der Waals surface area contributed by atoms with Gasteiger partial charge >= 0.3 is 0 Å². The number of likely N-dealkylation sites (N-methyl/N-ethyl adjacent to an activating group) is 2. The van der Waals surface area contributed by atoms with Crippen molar-refractivity contribution in [1.29, 1.82) is 0 Å². The maximum absolute atomic E-state index is 13.5. The predicted molar refractivity (Wildman–Crippen MR) is 93.4 cm³/mol. The summed E-state index contributed by atoms with van der Waals surface area (Å²) in [4.78, 5) is 38.1. The molecule has 0 unspecified atom stereocenters. The Morgan fingerprint density at radius 2 is 1.63 bits per heavy atom. The van der Waals surface area contributed by atoms with E-state index >= 15 is 0 Å². The molecule has 0 atom stereocenters. The van der Waals surface area contributed by atoms with E-state index in [1.807, 2.05) is 6.92 Å². The molecule has 10 heteroatoms. The van der Waals surface area contributed by atoms with E-state index in [-0.39, 0.29) is 25.5 Å². The van der Waals surface area contributed by atoms with Gasteiger partial charge in [-0.05, 0) is 25.6 Å². The maximum atomic E-state index is 13.5. The fraction of sp³-hybridized carbons (Fsp3) is 0.471. The Kier molecular flexibility index (Phi) is 8.73. The summed E-state index contributed by atoms with van der Waals surface area (Å²) in [6.07, 6.45) is 0.778. The molecule has 0 bridgehead atoms. The van der Waals surface area contributed by atoms with Crippen LogP contribution in [0.4, 0.5) is 18.9 Å². The zero-order chi connectivity index (χ0) is 20.6. The van der Waals surface area contributed by atoms with Crippen LogP contribution in [0.25, 0.3) is 0 Å². The van der Waals surface area contributed by atoms with Gasteiger partial charge in [0.05, 0.1) is 25.3 Å². The largest absolute Gasteiger partial charge is 0.355 e. The number of benzene rings is 1. The molecule has 3 amide bonds. The Morgan fingerprint density at radius 3 is 2.26 bits per heavy atom. The first-order valence-corrected chi connectivity index (χ1v) is 8.28. The lowest BCUT2D eigenvalue weighted by Gasteiger charge is -2.21. The second-order valence-corrected chi connectivity index (χ2v) is 6.04. The highest BCUT2D eigenvalue weighted by atomic mass is 19.2. The van der Waals surface area contributed by atoms with Crippen LogP contribution >= 0.6 is 0 Å². The van der Waals surface area contributed by atoms with Crippen LogP contribution in [0, 0.1) is 17.5 Å². The highest BCUT2D eigenvalue weighted by Crippen LogP contribution is 2.19. The van der Waals surface area contributed by atoms with E-state index in [4.69, 9.17) is 0 Å². The Labute approximate surface area is 155 Å². The van der Waals surface area contributed by atoms with Crippen LogP contribution in [0.5, 0.6) is 0 Å². The summed E-state index contributed by atoms with van der Waals surface area (Å²) in [5.41, 5.74) is -0.497. The van der Waals surface area contributed by atoms with Crippen LogP contribution in [0.1, 0.15) is 13.3 Å². The van der Waals surface area contributed by atoms with E-state index < -0.39 is 35.0 Å². The number of nitrogens with one attached hydrogen (secondary N) is 2. The van der Waals surface area contributed by atoms with Crippen LogP contribution in [0.15, 0.2) is 12.1 Å². The number of anilines is 1. The van der Waals surface area contributed by atoms with E-state index in [9.17, 15) is 27.6 Å². The van der Waals surface area contributed by atoms with Crippen LogP contribution in [-0.4, -0.2) is 67.8 Å². The molecule has 0 radical (unpaired) electrons. The molecule has 0 aliphatic carbocycles. The minimum absolute atomic E-state index is 0.112. The van der Waals surface area contributed by atoms with Crippen molar-refractivity contribution < 1.29 is 27.6 Å². The molecule has 0 aliphatic rings. The van der Waals surface area contributed by atoms with Crippen LogP contribution in [-0.2, 0) is 14.4 Å². The summed E-state index contributed by atoms with van der Waals surface area (Å²) < 4.78 is 39.6. The van der Waals surface area contributed by atoms with Gasteiger partial charge in [0.2, 0.25) is 17.7 Å². The Hall–Kier alpha value is -2.62. The van der Waals surface area contributed by atoms with E-state index in [2.05, 4.69) is 10.6 Å². The summed E-state index contributed by atoms with van der Waals surface area (Å²) >= 11 is 0. The van der Waals surface area contributed by atoms with Gasteiger partial charge < -0.3 is 15.5 Å². The van der Waals surface area contributed by atoms with Crippen LogP contribution in [0.2, 0.25) is 0 Å². The van der Waals surface area contributed by atoms with Crippen molar-refractivity contribution in [2.75, 3.05) is 45.6 Å². The summed E-state index contributed by atoms with van der Waals surface area (Å²) in [5, 5.41) is 4.76. The van der Waals surface area contributed by atoms with Crippen molar-refractivity contribution in [2.45, 2.75) is 13.3 Å². The molecule has 0 fully saturated rings. The fourth-order valence-corrected chi connectivity index (χ4v) is 2.09. The van der Waals surface area contributed by atoms with Gasteiger partial charge in [-0.25, -0.2) is 13.2 Å². The van der Waals surface area contributed by atoms with E-state index in [1.54, 1.807) is 0 Å². The molecule has 7 nitrogen and oxygen atoms in total. The Balaban J connectivity index is 2.50. The van der Waals surface area contributed by atoms with Crippen molar-refractivity contribution in [3.05, 3.63) is 29.6 Å². The number of hydrogen-bond donors (Lipinski definition) is 2. The van der Waals surface area contributed by atoms with E-state index in [0.717, 1.165) is 12.5 Å². The number of nitrogens with zero attached hydrogens (tertiary/aromatic N) is 2. The first-order chi connectivity index (χ1) is 12.6. The molecular weight excluding hydrogens is 365 g/mol. The highest BCUT2D eigenvalue weighted by Gasteiger charge is 2.18. The molecule has 1 aromatic rings. The van der Waals surface area contributed by atoms with Gasteiger partial charge in [0.15, 0.2) is 17.5 Å². The first-order valence-electron chi connectivity index (χ1n) is 8.28. The zero-order valence-electron chi connectivity index (χ0n) is 15.4. The molecule has 0 aromatic heterocycles. The summed E-state index contributed by atoms with van der Waals surface area (Å²) in [7, 11) is 2.93. The second kappa shape index (κ2) is 10.5. The minimum atomic E-state index is -1.68. The van der Waals surface area contributed by atoms with E-state index in [1.165, 1.54) is 23.9 Å². The van der Waals surface area contributed by atoms with Crippen molar-refractivity contribution in [2.24, 2.45) is 0 Å². The van der Waals surface area contributed by atoms with Crippen LogP contribution < -0.4 is 10.6 Å². The summed E-state index contributed by atoms with van der Waals surface area (Å²) in [6.45, 7) is 1.85. The normalized spacial score (nSPS) is 10.6. The molecule has 1 aromatic carbocycles. The van der Waals surface area contributed by atoms with Gasteiger partial charge in [0.25, 0.3) is 0 Å². The molecule has 27 heavy (non-hydrogen) atoms. The van der Waals surface area contributed by atoms with E-state index in [0.29, 0.717) is 12.6 Å². The number of hydrogen-bond acceptors (Lipinski definition) is 4. The Bertz CT molecular complexity index is 700. The highest BCUT2D eigenvalue weighted by molar-refractivity contribution is 5.93. The first kappa shape index (κ1) is 22.4. The summed E-state index contributed by atoms with van der Waals surface area (Å²) in [6, 6.07) is 1.60. The monoisotopic (exact) mass is 388 g/mol. The molecule has 0 heterocycles. The third-order valence-electron chi connectivity index (χ3n) is 3.51. The van der Waals surface area contributed by atoms with Gasteiger partial charge in [0.1, 0.15) is 0 Å². The van der Waals surface area contributed by atoms with Gasteiger partial charge in [-0.15, -0.1) is 0 Å². The predicted octanol–water partition coefficient (Wildman–Crippen LogP) is 0.959. The molecule has 0 saturated carbocycles. The number of amides is 3. The van der Waals surface area contributed by atoms with Gasteiger partial charge in [-0.3, -0.25) is 19.3 Å². The number of carbonyl (C=O) groups is 3. The standard InChI is InChI=1S/C17H23F3N4O3/c1-4-7-21-13(25)9-24(3)15(27)10-23(2)8-14(26)22-12-6-5-11(18)16(19)17(12)20/h5-6H,4,7-10H2,1-3H3,(H,21,25)(H,22,26). The van der Waals surface area contributed by atoms with Gasteiger partial charge in [-0.2, -0.15) is 0 Å². The number of halogens is 3. The smallest absolute Gasteiger partial charge is 0.239 e. The number of carbonyl (C=O) groups excluding carboxylic acids is 3. The molecule has 150 valence electrons. The van der Waals surface area contributed by atoms with Crippen molar-refractivity contribution in [3.8, 4) is 0 Å². The quantitative estimate of drug-likeness (QED) is 0.618. The van der Waals surface area contributed by atoms with Gasteiger partial charge in [0, 0.05) is 13.6 Å². The lowest BCUT2D eigenvalue weighted by molar-refractivity contribution is -0.135. The molecule has 1 rings (SSSR count). The lowest BCUT2D eigenvalue weighted by Crippen LogP contribution is -2.43. The van der Waals surface area contributed by atoms with Gasteiger partial charge in [-0.1, -0.05) is 6.92 Å². The molecule has 2 N–H and O–H groups in total. The van der Waals surface area contributed by atoms with Crippen molar-refractivity contribution in [3.63, 3.8) is 0 Å². The fourth-order valence-electron chi connectivity index (χ4n) is 2.09. The topological polar surface area (TPSA) is 81.8 Å². The summed E-state index contributed by atoms with van der Waals surface area (Å²) in [5.74, 6) is -5.94. The number of rotatable bonds is 9. The molecule has 0 spiro atoms. The maximum Gasteiger partial charge on any atom is 0.239 e. The Morgan fingerprint density at radius 1 is 0.963 bits per heavy atom. The van der Waals surface area contributed by atoms with Crippen molar-refractivity contribution >= 4 is 23.4 Å². The van der Waals surface area contributed by atoms with Crippen LogP contribution in [0.3, 0.4) is 0 Å².